The molecule has 2 rings (SSSR count). The van der Waals surface area contributed by atoms with Crippen LogP contribution in [0.15, 0.2) is 14.3 Å². The molecule has 1 unspecified atom stereocenters. The van der Waals surface area contributed by atoms with E-state index in [1.54, 1.807) is 0 Å². The minimum Gasteiger partial charge on any atom is -0.314 e. The molecule has 0 radical (unpaired) electrons. The average Bonchev–Trinajstić information content (AvgIpc) is 3.04. The molecule has 1 aliphatic carbocycles. The van der Waals surface area contributed by atoms with Crippen LogP contribution in [0, 0.1) is 5.92 Å². The lowest BCUT2D eigenvalue weighted by Crippen LogP contribution is -2.19. The Balaban J connectivity index is 1.62. The fraction of sp³-hybridized carbons (Fsp3) is 0.692. The lowest BCUT2D eigenvalue weighted by Gasteiger charge is -2.10. The lowest BCUT2D eigenvalue weighted by molar-refractivity contribution is 0.470. The van der Waals surface area contributed by atoms with Crippen LogP contribution in [0.2, 0.25) is 0 Å². The van der Waals surface area contributed by atoms with Gasteiger partial charge in [-0.15, -0.1) is 11.3 Å². The van der Waals surface area contributed by atoms with E-state index in [-0.39, 0.29) is 0 Å². The third-order valence-corrected chi connectivity index (χ3v) is 6.54. The highest BCUT2D eigenvalue weighted by Crippen LogP contribution is 2.33. The zero-order chi connectivity index (χ0) is 12.3. The molecule has 0 spiro atoms. The molecular weight excluding hydrogens is 362 g/mol. The van der Waals surface area contributed by atoms with Crippen LogP contribution in [0.25, 0.3) is 0 Å². The van der Waals surface area contributed by atoms with Crippen LogP contribution in [0.3, 0.4) is 0 Å². The standard InChI is InChI=1S/C13H19Br2NS/c1-9(6-7-16-10-3-4-10)2-5-11-8-12(14)13(15)17-11/h8-10,16H,2-7H2,1H3. The maximum absolute atomic E-state index is 3.59. The molecule has 17 heavy (non-hydrogen) atoms. The highest BCUT2D eigenvalue weighted by atomic mass is 79.9. The molecule has 96 valence electrons. The second kappa shape index (κ2) is 6.69. The van der Waals surface area contributed by atoms with Crippen molar-refractivity contribution in [3.05, 3.63) is 19.2 Å². The van der Waals surface area contributed by atoms with Crippen LogP contribution >= 0.6 is 43.2 Å². The van der Waals surface area contributed by atoms with Crippen molar-refractivity contribution in [1.29, 1.82) is 0 Å². The smallest absolute Gasteiger partial charge is 0.0843 e. The zero-order valence-corrected chi connectivity index (χ0v) is 14.1. The van der Waals surface area contributed by atoms with Gasteiger partial charge in [-0.05, 0) is 82.5 Å². The van der Waals surface area contributed by atoms with Gasteiger partial charge in [0.1, 0.15) is 0 Å². The third-order valence-electron chi connectivity index (χ3n) is 3.23. The van der Waals surface area contributed by atoms with Crippen molar-refractivity contribution >= 4 is 43.2 Å². The van der Waals surface area contributed by atoms with Gasteiger partial charge < -0.3 is 5.32 Å². The topological polar surface area (TPSA) is 12.0 Å². The van der Waals surface area contributed by atoms with E-state index in [0.29, 0.717) is 0 Å². The van der Waals surface area contributed by atoms with Crippen LogP contribution in [-0.4, -0.2) is 12.6 Å². The van der Waals surface area contributed by atoms with Crippen LogP contribution in [0.4, 0.5) is 0 Å². The first-order chi connectivity index (χ1) is 8.15. The SMILES string of the molecule is CC(CCNC1CC1)CCc1cc(Br)c(Br)s1. The molecule has 1 N–H and O–H groups in total. The third kappa shape index (κ3) is 5.01. The predicted molar refractivity (Wildman–Crippen MR) is 82.8 cm³/mol. The first kappa shape index (κ1) is 14.0. The van der Waals surface area contributed by atoms with Crippen molar-refractivity contribution in [2.75, 3.05) is 6.54 Å². The molecule has 0 amide bonds. The van der Waals surface area contributed by atoms with Crippen LogP contribution < -0.4 is 5.32 Å². The van der Waals surface area contributed by atoms with E-state index >= 15 is 0 Å². The summed E-state index contributed by atoms with van der Waals surface area (Å²) in [6, 6.07) is 3.09. The molecule has 1 nitrogen and oxygen atoms in total. The highest BCUT2D eigenvalue weighted by Gasteiger charge is 2.19. The van der Waals surface area contributed by atoms with Crippen molar-refractivity contribution in [3.63, 3.8) is 0 Å². The Hall–Kier alpha value is 0.620. The van der Waals surface area contributed by atoms with E-state index in [0.717, 1.165) is 12.0 Å². The second-order valence-corrected chi connectivity index (χ2v) is 8.30. The molecule has 0 saturated heterocycles. The largest absolute Gasteiger partial charge is 0.314 e. The van der Waals surface area contributed by atoms with E-state index in [1.807, 2.05) is 11.3 Å². The Labute approximate surface area is 125 Å². The molecular formula is C13H19Br2NS. The number of aryl methyl sites for hydroxylation is 1. The normalized spacial score (nSPS) is 17.4. The minimum absolute atomic E-state index is 0.820. The van der Waals surface area contributed by atoms with Gasteiger partial charge in [-0.25, -0.2) is 0 Å². The summed E-state index contributed by atoms with van der Waals surface area (Å²) in [6.07, 6.45) is 6.60. The summed E-state index contributed by atoms with van der Waals surface area (Å²) in [5, 5.41) is 3.59. The Morgan fingerprint density at radius 1 is 1.41 bits per heavy atom. The van der Waals surface area contributed by atoms with E-state index < -0.39 is 0 Å². The molecule has 1 aromatic heterocycles. The quantitative estimate of drug-likeness (QED) is 0.702. The summed E-state index contributed by atoms with van der Waals surface area (Å²) < 4.78 is 2.41. The summed E-state index contributed by atoms with van der Waals surface area (Å²) in [5.74, 6) is 0.820. The van der Waals surface area contributed by atoms with Crippen molar-refractivity contribution in [2.24, 2.45) is 5.92 Å². The molecule has 0 aromatic carbocycles. The second-order valence-electron chi connectivity index (χ2n) is 5.00. The van der Waals surface area contributed by atoms with Crippen molar-refractivity contribution in [3.8, 4) is 0 Å². The number of thiophene rings is 1. The number of hydrogen-bond donors (Lipinski definition) is 1. The van der Waals surface area contributed by atoms with Crippen molar-refractivity contribution in [2.45, 2.75) is 45.1 Å². The summed E-state index contributed by atoms with van der Waals surface area (Å²) in [4.78, 5) is 1.48. The van der Waals surface area contributed by atoms with Crippen LogP contribution in [0.1, 0.15) is 37.5 Å². The van der Waals surface area contributed by atoms with Crippen LogP contribution in [0.5, 0.6) is 0 Å². The van der Waals surface area contributed by atoms with Crippen molar-refractivity contribution < 1.29 is 0 Å². The fourth-order valence-electron chi connectivity index (χ4n) is 1.87. The summed E-state index contributed by atoms with van der Waals surface area (Å²) >= 11 is 8.94. The van der Waals surface area contributed by atoms with Gasteiger partial charge in [-0.2, -0.15) is 0 Å². The zero-order valence-electron chi connectivity index (χ0n) is 10.1. The van der Waals surface area contributed by atoms with Gasteiger partial charge in [0.05, 0.1) is 3.79 Å². The Bertz CT molecular complexity index is 341. The lowest BCUT2D eigenvalue weighted by atomic mass is 10.0. The Morgan fingerprint density at radius 2 is 2.18 bits per heavy atom. The summed E-state index contributed by atoms with van der Waals surface area (Å²) in [6.45, 7) is 3.57. The molecule has 1 aliphatic rings. The molecule has 0 aliphatic heterocycles. The maximum atomic E-state index is 3.59. The molecule has 4 heteroatoms. The minimum atomic E-state index is 0.820. The molecule has 1 aromatic rings. The molecule has 1 heterocycles. The van der Waals surface area contributed by atoms with Gasteiger partial charge in [-0.1, -0.05) is 6.92 Å². The summed E-state index contributed by atoms with van der Waals surface area (Å²) in [5.41, 5.74) is 0. The fourth-order valence-corrected chi connectivity index (χ4v) is 4.06. The number of rotatable bonds is 7. The van der Waals surface area contributed by atoms with Gasteiger partial charge in [0.25, 0.3) is 0 Å². The van der Waals surface area contributed by atoms with Gasteiger partial charge in [0.15, 0.2) is 0 Å². The maximum Gasteiger partial charge on any atom is 0.0843 e. The van der Waals surface area contributed by atoms with E-state index in [9.17, 15) is 0 Å². The van der Waals surface area contributed by atoms with Crippen LogP contribution in [-0.2, 0) is 6.42 Å². The molecule has 0 bridgehead atoms. The van der Waals surface area contributed by atoms with Gasteiger partial charge in [-0.3, -0.25) is 0 Å². The van der Waals surface area contributed by atoms with Gasteiger partial charge in [0.2, 0.25) is 0 Å². The Morgan fingerprint density at radius 3 is 2.76 bits per heavy atom. The summed E-state index contributed by atoms with van der Waals surface area (Å²) in [7, 11) is 0. The molecule has 1 saturated carbocycles. The number of nitrogens with one attached hydrogen (secondary N) is 1. The average molecular weight is 381 g/mol. The Kier molecular flexibility index (Phi) is 5.52. The highest BCUT2D eigenvalue weighted by molar-refractivity contribution is 9.13. The van der Waals surface area contributed by atoms with Gasteiger partial charge >= 0.3 is 0 Å². The molecule has 1 atom stereocenters. The van der Waals surface area contributed by atoms with Crippen molar-refractivity contribution in [1.82, 2.24) is 5.32 Å². The number of hydrogen-bond acceptors (Lipinski definition) is 2. The van der Waals surface area contributed by atoms with E-state index in [2.05, 4.69) is 50.2 Å². The number of halogens is 2. The monoisotopic (exact) mass is 379 g/mol. The first-order valence-electron chi connectivity index (χ1n) is 6.32. The first-order valence-corrected chi connectivity index (χ1v) is 8.72. The van der Waals surface area contributed by atoms with E-state index in [1.165, 1.54) is 51.8 Å². The predicted octanol–water partition coefficient (Wildman–Crippen LogP) is 4.98. The van der Waals surface area contributed by atoms with E-state index in [4.69, 9.17) is 0 Å². The van der Waals surface area contributed by atoms with Gasteiger partial charge in [0, 0.05) is 15.4 Å². The molecule has 1 fully saturated rings.